The summed E-state index contributed by atoms with van der Waals surface area (Å²) in [6, 6.07) is 4.58. The van der Waals surface area contributed by atoms with Crippen LogP contribution in [0.1, 0.15) is 50.8 Å². The van der Waals surface area contributed by atoms with Crippen molar-refractivity contribution in [2.75, 3.05) is 11.1 Å². The molecule has 0 aliphatic carbocycles. The highest BCUT2D eigenvalue weighted by Gasteiger charge is 2.28. The Morgan fingerprint density at radius 2 is 1.87 bits per heavy atom. The lowest BCUT2D eigenvalue weighted by atomic mass is 10.1. The van der Waals surface area contributed by atoms with Crippen molar-refractivity contribution in [1.82, 2.24) is 15.5 Å². The molecule has 0 fully saturated rings. The molecule has 2 N–H and O–H groups in total. The van der Waals surface area contributed by atoms with E-state index in [-0.39, 0.29) is 5.89 Å². The second-order valence-electron chi connectivity index (χ2n) is 7.90. The van der Waals surface area contributed by atoms with Crippen LogP contribution in [0.4, 0.5) is 10.5 Å². The minimum absolute atomic E-state index is 0.130. The number of carbonyl (C=O) groups excluding carboxylic acids is 2. The number of ether oxygens (including phenoxy) is 1. The molecule has 0 saturated carbocycles. The van der Waals surface area contributed by atoms with Crippen molar-refractivity contribution in [3.8, 4) is 0 Å². The van der Waals surface area contributed by atoms with Crippen LogP contribution >= 0.6 is 0 Å². The number of alkyl carbamates (subject to hydrolysis) is 1. The van der Waals surface area contributed by atoms with Gasteiger partial charge in [-0.1, -0.05) is 22.8 Å². The van der Waals surface area contributed by atoms with Gasteiger partial charge in [0.25, 0.3) is 0 Å². The molecule has 0 aliphatic rings. The SMILES string of the molecule is Cc1ccc(NC(=O)CS(=O)(=O)c2nnc([C@@H](C)NC(=O)OC(C)(C)C)o2)c(C)c1. The van der Waals surface area contributed by atoms with Crippen LogP contribution in [-0.2, 0) is 19.4 Å². The van der Waals surface area contributed by atoms with Crippen LogP contribution in [0, 0.1) is 13.8 Å². The van der Waals surface area contributed by atoms with Gasteiger partial charge in [0.2, 0.25) is 21.6 Å². The predicted octanol–water partition coefficient (Wildman–Crippen LogP) is 2.68. The van der Waals surface area contributed by atoms with E-state index >= 15 is 0 Å². The molecule has 11 heteroatoms. The van der Waals surface area contributed by atoms with Crippen molar-refractivity contribution >= 4 is 27.5 Å². The summed E-state index contributed by atoms with van der Waals surface area (Å²) >= 11 is 0. The van der Waals surface area contributed by atoms with Gasteiger partial charge >= 0.3 is 11.3 Å². The van der Waals surface area contributed by atoms with Crippen molar-refractivity contribution in [3.63, 3.8) is 0 Å². The predicted molar refractivity (Wildman–Crippen MR) is 109 cm³/mol. The summed E-state index contributed by atoms with van der Waals surface area (Å²) in [5.41, 5.74) is 1.65. The van der Waals surface area contributed by atoms with Crippen LogP contribution in [0.2, 0.25) is 0 Å². The van der Waals surface area contributed by atoms with E-state index in [2.05, 4.69) is 20.8 Å². The largest absolute Gasteiger partial charge is 0.444 e. The van der Waals surface area contributed by atoms with E-state index in [1.54, 1.807) is 39.8 Å². The summed E-state index contributed by atoms with van der Waals surface area (Å²) in [4.78, 5) is 24.0. The Bertz CT molecular complexity index is 1040. The minimum atomic E-state index is -4.17. The lowest BCUT2D eigenvalue weighted by molar-refractivity contribution is -0.113. The fourth-order valence-corrected chi connectivity index (χ4v) is 3.36. The van der Waals surface area contributed by atoms with Crippen molar-refractivity contribution < 1.29 is 27.2 Å². The molecule has 1 aromatic heterocycles. The number of amides is 2. The smallest absolute Gasteiger partial charge is 0.408 e. The van der Waals surface area contributed by atoms with Gasteiger partial charge in [-0.2, -0.15) is 0 Å². The van der Waals surface area contributed by atoms with Crippen LogP contribution in [0.5, 0.6) is 0 Å². The number of aryl methyl sites for hydroxylation is 2. The van der Waals surface area contributed by atoms with Crippen molar-refractivity contribution in [2.45, 2.75) is 58.4 Å². The molecule has 0 bridgehead atoms. The van der Waals surface area contributed by atoms with Gasteiger partial charge < -0.3 is 19.8 Å². The molecule has 2 rings (SSSR count). The molecule has 0 spiro atoms. The molecular weight excluding hydrogens is 412 g/mol. The zero-order valence-corrected chi connectivity index (χ0v) is 18.6. The summed E-state index contributed by atoms with van der Waals surface area (Å²) in [6.07, 6.45) is -0.717. The highest BCUT2D eigenvalue weighted by atomic mass is 32.2. The van der Waals surface area contributed by atoms with Crippen molar-refractivity contribution in [1.29, 1.82) is 0 Å². The fourth-order valence-electron chi connectivity index (χ4n) is 2.44. The third kappa shape index (κ3) is 6.55. The summed E-state index contributed by atoms with van der Waals surface area (Å²) in [5, 5.41) is 11.5. The summed E-state index contributed by atoms with van der Waals surface area (Å²) in [7, 11) is -4.17. The second kappa shape index (κ2) is 8.82. The van der Waals surface area contributed by atoms with E-state index in [4.69, 9.17) is 9.15 Å². The number of rotatable bonds is 6. The number of hydrogen-bond donors (Lipinski definition) is 2. The third-order valence-corrected chi connectivity index (χ3v) is 5.11. The van der Waals surface area contributed by atoms with Crippen LogP contribution in [0.3, 0.4) is 0 Å². The molecule has 0 saturated heterocycles. The zero-order chi connectivity index (χ0) is 22.7. The topological polar surface area (TPSA) is 140 Å². The van der Waals surface area contributed by atoms with Gasteiger partial charge in [-0.25, -0.2) is 13.2 Å². The van der Waals surface area contributed by atoms with E-state index in [0.29, 0.717) is 5.69 Å². The zero-order valence-electron chi connectivity index (χ0n) is 17.8. The van der Waals surface area contributed by atoms with Gasteiger partial charge in [-0.05, 0) is 53.2 Å². The Morgan fingerprint density at radius 1 is 1.20 bits per heavy atom. The van der Waals surface area contributed by atoms with Crippen LogP contribution < -0.4 is 10.6 Å². The first-order valence-corrected chi connectivity index (χ1v) is 10.8. The van der Waals surface area contributed by atoms with E-state index in [9.17, 15) is 18.0 Å². The van der Waals surface area contributed by atoms with Gasteiger partial charge in [0.1, 0.15) is 17.4 Å². The number of anilines is 1. The van der Waals surface area contributed by atoms with Gasteiger partial charge in [-0.3, -0.25) is 4.79 Å². The lowest BCUT2D eigenvalue weighted by Gasteiger charge is -2.20. The maximum Gasteiger partial charge on any atom is 0.408 e. The normalized spacial score (nSPS) is 12.9. The third-order valence-electron chi connectivity index (χ3n) is 3.77. The lowest BCUT2D eigenvalue weighted by Crippen LogP contribution is -2.34. The van der Waals surface area contributed by atoms with E-state index in [1.807, 2.05) is 13.0 Å². The minimum Gasteiger partial charge on any atom is -0.444 e. The number of hydrogen-bond acceptors (Lipinski definition) is 8. The van der Waals surface area contributed by atoms with Crippen LogP contribution in [0.25, 0.3) is 0 Å². The summed E-state index contributed by atoms with van der Waals surface area (Å²) < 4.78 is 35.2. The van der Waals surface area contributed by atoms with Crippen LogP contribution in [-0.4, -0.2) is 42.0 Å². The highest BCUT2D eigenvalue weighted by molar-refractivity contribution is 7.91. The maximum absolute atomic E-state index is 12.4. The van der Waals surface area contributed by atoms with Crippen molar-refractivity contribution in [3.05, 3.63) is 35.2 Å². The van der Waals surface area contributed by atoms with Gasteiger partial charge in [-0.15, -0.1) is 5.10 Å². The first kappa shape index (κ1) is 23.3. The summed E-state index contributed by atoms with van der Waals surface area (Å²) in [6.45, 7) is 10.4. The molecule has 0 aliphatic heterocycles. The molecule has 164 valence electrons. The number of benzene rings is 1. The second-order valence-corrected chi connectivity index (χ2v) is 9.77. The monoisotopic (exact) mass is 438 g/mol. The Morgan fingerprint density at radius 3 is 2.47 bits per heavy atom. The highest BCUT2D eigenvalue weighted by Crippen LogP contribution is 2.18. The number of carbonyl (C=O) groups is 2. The Kier molecular flexibility index (Phi) is 6.86. The van der Waals surface area contributed by atoms with Gasteiger partial charge in [0.05, 0.1) is 0 Å². The molecule has 1 aromatic carbocycles. The van der Waals surface area contributed by atoms with Crippen molar-refractivity contribution in [2.24, 2.45) is 0 Å². The number of sulfone groups is 1. The van der Waals surface area contributed by atoms with Gasteiger partial charge in [0, 0.05) is 5.69 Å². The summed E-state index contributed by atoms with van der Waals surface area (Å²) in [5.74, 6) is -1.73. The Hall–Kier alpha value is -2.95. The average molecular weight is 439 g/mol. The fraction of sp³-hybridized carbons (Fsp3) is 0.474. The standard InChI is InChI=1S/C19H26N4O6S/c1-11-7-8-14(12(2)9-11)21-15(24)10-30(26,27)18-23-22-16(28-18)13(3)20-17(25)29-19(4,5)6/h7-9,13H,10H2,1-6H3,(H,20,25)(H,21,24)/t13-/m1/s1. The number of nitrogens with zero attached hydrogens (tertiary/aromatic N) is 2. The first-order chi connectivity index (χ1) is 13.8. The average Bonchev–Trinajstić information content (AvgIpc) is 3.06. The molecule has 2 amide bonds. The van der Waals surface area contributed by atoms with Gasteiger partial charge in [0.15, 0.2) is 0 Å². The Labute approximate surface area is 175 Å². The molecule has 30 heavy (non-hydrogen) atoms. The number of nitrogens with one attached hydrogen (secondary N) is 2. The molecule has 1 atom stereocenters. The molecule has 10 nitrogen and oxygen atoms in total. The quantitative estimate of drug-likeness (QED) is 0.701. The van der Waals surface area contributed by atoms with E-state index < -0.39 is 44.5 Å². The Balaban J connectivity index is 2.04. The first-order valence-electron chi connectivity index (χ1n) is 9.19. The molecule has 0 unspecified atom stereocenters. The molecule has 0 radical (unpaired) electrons. The van der Waals surface area contributed by atoms with E-state index in [1.165, 1.54) is 6.92 Å². The molecular formula is C19H26N4O6S. The molecule has 1 heterocycles. The number of aromatic nitrogens is 2. The van der Waals surface area contributed by atoms with E-state index in [0.717, 1.165) is 11.1 Å². The maximum atomic E-state index is 12.4. The van der Waals surface area contributed by atoms with Crippen LogP contribution in [0.15, 0.2) is 27.8 Å². The molecule has 2 aromatic rings.